The van der Waals surface area contributed by atoms with Gasteiger partial charge in [-0.3, -0.25) is 9.89 Å². The number of esters is 1. The van der Waals surface area contributed by atoms with Crippen molar-refractivity contribution in [1.29, 1.82) is 0 Å². The number of carbonyl (C=O) groups is 1. The smallest absolute Gasteiger partial charge is 0.323 e. The molecule has 1 heterocycles. The van der Waals surface area contributed by atoms with Crippen molar-refractivity contribution in [3.05, 3.63) is 35.7 Å². The van der Waals surface area contributed by atoms with Gasteiger partial charge in [0.2, 0.25) is 5.16 Å². The summed E-state index contributed by atoms with van der Waals surface area (Å²) in [7, 11) is 2.95. The van der Waals surface area contributed by atoms with E-state index in [0.29, 0.717) is 10.9 Å². The number of aryl methyl sites for hydroxylation is 1. The molecule has 0 saturated heterocycles. The van der Waals surface area contributed by atoms with E-state index in [-0.39, 0.29) is 5.97 Å². The van der Waals surface area contributed by atoms with Gasteiger partial charge in [0.15, 0.2) is 0 Å². The fourth-order valence-electron chi connectivity index (χ4n) is 1.76. The molecule has 2 aromatic rings. The van der Waals surface area contributed by atoms with Crippen LogP contribution in [-0.4, -0.2) is 35.4 Å². The number of rotatable bonds is 6. The lowest BCUT2D eigenvalue weighted by Gasteiger charge is -2.13. The minimum absolute atomic E-state index is 0.351. The van der Waals surface area contributed by atoms with E-state index in [2.05, 4.69) is 15.2 Å². The van der Waals surface area contributed by atoms with Gasteiger partial charge in [-0.1, -0.05) is 30.8 Å². The molecule has 1 atom stereocenters. The van der Waals surface area contributed by atoms with Crippen LogP contribution in [0.3, 0.4) is 0 Å². The van der Waals surface area contributed by atoms with Gasteiger partial charge in [-0.15, -0.1) is 5.10 Å². The Morgan fingerprint density at radius 3 is 2.86 bits per heavy atom. The van der Waals surface area contributed by atoms with Crippen LogP contribution in [0, 0.1) is 0 Å². The summed E-state index contributed by atoms with van der Waals surface area (Å²) in [5.41, 5.74) is 0.786. The number of methoxy groups -OCH3 is 2. The monoisotopic (exact) mass is 307 g/mol. The van der Waals surface area contributed by atoms with Crippen molar-refractivity contribution in [2.75, 3.05) is 14.2 Å². The van der Waals surface area contributed by atoms with Crippen LogP contribution in [0.4, 0.5) is 0 Å². The fraction of sp³-hybridized carbons (Fsp3) is 0.357. The van der Waals surface area contributed by atoms with E-state index in [1.54, 1.807) is 7.11 Å². The number of H-pyrrole nitrogens is 1. The van der Waals surface area contributed by atoms with Crippen LogP contribution in [-0.2, 0) is 16.0 Å². The summed E-state index contributed by atoms with van der Waals surface area (Å²) in [6, 6.07) is 7.32. The molecule has 7 heteroatoms. The van der Waals surface area contributed by atoms with Gasteiger partial charge in [0.25, 0.3) is 0 Å². The lowest BCUT2D eigenvalue weighted by Crippen LogP contribution is -2.11. The molecule has 0 amide bonds. The predicted molar refractivity (Wildman–Crippen MR) is 79.4 cm³/mol. The molecule has 1 aromatic carbocycles. The second-order valence-electron chi connectivity index (χ2n) is 4.22. The number of ether oxygens (including phenoxy) is 2. The molecular weight excluding hydrogens is 290 g/mol. The quantitative estimate of drug-likeness (QED) is 0.652. The Balaban J connectivity index is 2.27. The zero-order valence-electron chi connectivity index (χ0n) is 12.1. The zero-order valence-corrected chi connectivity index (χ0v) is 12.9. The van der Waals surface area contributed by atoms with E-state index in [1.165, 1.54) is 18.9 Å². The van der Waals surface area contributed by atoms with Gasteiger partial charge in [-0.25, -0.2) is 4.98 Å². The Bertz CT molecular complexity index is 615. The molecule has 1 N–H and O–H groups in total. The van der Waals surface area contributed by atoms with E-state index in [9.17, 15) is 4.79 Å². The lowest BCUT2D eigenvalue weighted by atomic mass is 10.1. The highest BCUT2D eigenvalue weighted by Crippen LogP contribution is 2.35. The van der Waals surface area contributed by atoms with Crippen molar-refractivity contribution >= 4 is 17.7 Å². The maximum atomic E-state index is 12.0. The van der Waals surface area contributed by atoms with Gasteiger partial charge in [-0.2, -0.15) is 0 Å². The normalized spacial score (nSPS) is 12.0. The number of aromatic amines is 1. The summed E-state index contributed by atoms with van der Waals surface area (Å²) in [6.07, 6.45) is 0.760. The fourth-order valence-corrected chi connectivity index (χ4v) is 2.71. The number of carbonyl (C=O) groups excluding carboxylic acids is 1. The highest BCUT2D eigenvalue weighted by atomic mass is 32.2. The maximum absolute atomic E-state index is 12.0. The molecule has 0 fully saturated rings. The van der Waals surface area contributed by atoms with Crippen molar-refractivity contribution in [2.45, 2.75) is 23.8 Å². The summed E-state index contributed by atoms with van der Waals surface area (Å²) in [6.45, 7) is 1.98. The van der Waals surface area contributed by atoms with Crippen LogP contribution >= 0.6 is 11.8 Å². The minimum Gasteiger partial charge on any atom is -0.497 e. The molecule has 0 aliphatic carbocycles. The molecule has 2 rings (SSSR count). The van der Waals surface area contributed by atoms with Crippen LogP contribution in [0.5, 0.6) is 5.75 Å². The van der Waals surface area contributed by atoms with Crippen molar-refractivity contribution in [3.63, 3.8) is 0 Å². The molecule has 1 unspecified atom stereocenters. The number of hydrogen-bond acceptors (Lipinski definition) is 6. The van der Waals surface area contributed by atoms with Crippen molar-refractivity contribution in [3.8, 4) is 5.75 Å². The Kier molecular flexibility index (Phi) is 5.21. The SMILES string of the molecule is CCc1nc(SC(C(=O)OC)c2cccc(OC)c2)n[nH]1. The van der Waals surface area contributed by atoms with E-state index in [0.717, 1.165) is 17.8 Å². The van der Waals surface area contributed by atoms with E-state index >= 15 is 0 Å². The van der Waals surface area contributed by atoms with Crippen LogP contribution < -0.4 is 4.74 Å². The first-order chi connectivity index (χ1) is 10.2. The van der Waals surface area contributed by atoms with Crippen LogP contribution in [0.15, 0.2) is 29.4 Å². The topological polar surface area (TPSA) is 77.1 Å². The molecule has 112 valence electrons. The second-order valence-corrected chi connectivity index (χ2v) is 5.29. The summed E-state index contributed by atoms with van der Waals surface area (Å²) in [5, 5.41) is 6.91. The molecular formula is C14H17N3O3S. The predicted octanol–water partition coefficient (Wildman–Crippen LogP) is 2.38. The molecule has 0 bridgehead atoms. The number of aromatic nitrogens is 3. The second kappa shape index (κ2) is 7.12. The largest absolute Gasteiger partial charge is 0.497 e. The Hall–Kier alpha value is -2.02. The van der Waals surface area contributed by atoms with Gasteiger partial charge >= 0.3 is 5.97 Å². The first kappa shape index (κ1) is 15.4. The summed E-state index contributed by atoms with van der Waals surface area (Å²) in [4.78, 5) is 16.4. The zero-order chi connectivity index (χ0) is 15.2. The summed E-state index contributed by atoms with van der Waals surface area (Å²) < 4.78 is 10.1. The lowest BCUT2D eigenvalue weighted by molar-refractivity contribution is -0.140. The third-order valence-corrected chi connectivity index (χ3v) is 3.97. The molecule has 6 nitrogen and oxygen atoms in total. The third kappa shape index (κ3) is 3.75. The minimum atomic E-state index is -0.536. The van der Waals surface area contributed by atoms with Crippen molar-refractivity contribution in [1.82, 2.24) is 15.2 Å². The summed E-state index contributed by atoms with van der Waals surface area (Å²) in [5.74, 6) is 1.12. The molecule has 0 aliphatic heterocycles. The first-order valence-electron chi connectivity index (χ1n) is 6.47. The van der Waals surface area contributed by atoms with E-state index < -0.39 is 5.25 Å². The van der Waals surface area contributed by atoms with Gasteiger partial charge < -0.3 is 9.47 Å². The average Bonchev–Trinajstić information content (AvgIpc) is 2.99. The molecule has 1 aromatic heterocycles. The van der Waals surface area contributed by atoms with Crippen LogP contribution in [0.25, 0.3) is 0 Å². The van der Waals surface area contributed by atoms with E-state index in [4.69, 9.17) is 9.47 Å². The standard InChI is InChI=1S/C14H17N3O3S/c1-4-11-15-14(17-16-11)21-12(13(18)20-3)9-6-5-7-10(8-9)19-2/h5-8,12H,4H2,1-3H3,(H,15,16,17). The first-order valence-corrected chi connectivity index (χ1v) is 7.35. The molecule has 0 radical (unpaired) electrons. The third-order valence-electron chi connectivity index (χ3n) is 2.88. The van der Waals surface area contributed by atoms with Gasteiger partial charge in [0, 0.05) is 6.42 Å². The van der Waals surface area contributed by atoms with Gasteiger partial charge in [0.05, 0.1) is 14.2 Å². The maximum Gasteiger partial charge on any atom is 0.323 e. The number of hydrogen-bond donors (Lipinski definition) is 1. The average molecular weight is 307 g/mol. The molecule has 21 heavy (non-hydrogen) atoms. The molecule has 0 saturated carbocycles. The molecule has 0 spiro atoms. The van der Waals surface area contributed by atoms with Crippen LogP contribution in [0.2, 0.25) is 0 Å². The Labute approximate surface area is 127 Å². The summed E-state index contributed by atoms with van der Waals surface area (Å²) >= 11 is 1.25. The van der Waals surface area contributed by atoms with Crippen LogP contribution in [0.1, 0.15) is 23.6 Å². The highest BCUT2D eigenvalue weighted by molar-refractivity contribution is 8.00. The van der Waals surface area contributed by atoms with Gasteiger partial charge in [-0.05, 0) is 17.7 Å². The number of nitrogens with zero attached hydrogens (tertiary/aromatic N) is 2. The van der Waals surface area contributed by atoms with Crippen molar-refractivity contribution in [2.24, 2.45) is 0 Å². The number of thioether (sulfide) groups is 1. The molecule has 0 aliphatic rings. The Morgan fingerprint density at radius 2 is 2.24 bits per heavy atom. The van der Waals surface area contributed by atoms with E-state index in [1.807, 2.05) is 31.2 Å². The number of nitrogens with one attached hydrogen (secondary N) is 1. The Morgan fingerprint density at radius 1 is 1.43 bits per heavy atom. The highest BCUT2D eigenvalue weighted by Gasteiger charge is 2.25. The number of benzene rings is 1. The van der Waals surface area contributed by atoms with Crippen molar-refractivity contribution < 1.29 is 14.3 Å². The van der Waals surface area contributed by atoms with Gasteiger partial charge in [0.1, 0.15) is 16.8 Å².